The fraction of sp³-hybridized carbons (Fsp3) is 0.273. The van der Waals surface area contributed by atoms with Gasteiger partial charge in [0.2, 0.25) is 0 Å². The molecule has 0 heterocycles. The second-order valence-corrected chi connectivity index (χ2v) is 6.05. The van der Waals surface area contributed by atoms with E-state index >= 15 is 0 Å². The molecule has 2 heteroatoms. The summed E-state index contributed by atoms with van der Waals surface area (Å²) in [5.74, 6) is 1.00. The lowest BCUT2D eigenvalue weighted by Gasteiger charge is -2.15. The molecule has 0 aliphatic carbocycles. The zero-order valence-corrected chi connectivity index (χ0v) is 15.0. The lowest BCUT2D eigenvalue weighted by atomic mass is 9.94. The SMILES string of the molecule is CC/C=C(\c1ccccc1)c1cc(O)c(CC=C(C)C)c(OC)c1. The van der Waals surface area contributed by atoms with Gasteiger partial charge in [0.15, 0.2) is 0 Å². The van der Waals surface area contributed by atoms with E-state index in [-0.39, 0.29) is 5.75 Å². The van der Waals surface area contributed by atoms with E-state index in [1.807, 2.05) is 30.3 Å². The maximum Gasteiger partial charge on any atom is 0.126 e. The Kier molecular flexibility index (Phi) is 6.25. The van der Waals surface area contributed by atoms with E-state index in [0.29, 0.717) is 6.42 Å². The minimum Gasteiger partial charge on any atom is -0.507 e. The minimum absolute atomic E-state index is 0.278. The topological polar surface area (TPSA) is 29.5 Å². The highest BCUT2D eigenvalue weighted by atomic mass is 16.5. The Morgan fingerprint density at radius 3 is 2.33 bits per heavy atom. The molecule has 0 atom stereocenters. The standard InChI is InChI=1S/C22H26O2/c1-5-9-19(17-10-7-6-8-11-17)18-14-21(23)20(13-12-16(2)3)22(15-18)24-4/h6-12,14-15,23H,5,13H2,1-4H3/b19-9+. The molecular formula is C22H26O2. The lowest BCUT2D eigenvalue weighted by molar-refractivity contribution is 0.401. The van der Waals surface area contributed by atoms with Crippen molar-refractivity contribution in [3.8, 4) is 11.5 Å². The van der Waals surface area contributed by atoms with Gasteiger partial charge in [-0.1, -0.05) is 55.0 Å². The summed E-state index contributed by atoms with van der Waals surface area (Å²) in [6.07, 6.45) is 5.86. The molecule has 24 heavy (non-hydrogen) atoms. The van der Waals surface area contributed by atoms with Crippen LogP contribution in [0.15, 0.2) is 60.2 Å². The second-order valence-electron chi connectivity index (χ2n) is 6.05. The molecule has 2 aromatic carbocycles. The molecule has 0 saturated carbocycles. The van der Waals surface area contributed by atoms with Crippen molar-refractivity contribution in [2.45, 2.75) is 33.6 Å². The van der Waals surface area contributed by atoms with E-state index in [1.165, 1.54) is 5.57 Å². The zero-order chi connectivity index (χ0) is 17.5. The van der Waals surface area contributed by atoms with Gasteiger partial charge < -0.3 is 9.84 Å². The predicted octanol–water partition coefficient (Wildman–Crippen LogP) is 5.75. The third-order valence-electron chi connectivity index (χ3n) is 3.92. The fourth-order valence-electron chi connectivity index (χ4n) is 2.70. The first-order valence-corrected chi connectivity index (χ1v) is 8.36. The highest BCUT2D eigenvalue weighted by Crippen LogP contribution is 2.35. The zero-order valence-electron chi connectivity index (χ0n) is 15.0. The van der Waals surface area contributed by atoms with E-state index in [4.69, 9.17) is 4.74 Å². The molecular weight excluding hydrogens is 296 g/mol. The molecule has 2 nitrogen and oxygen atoms in total. The van der Waals surface area contributed by atoms with E-state index in [0.717, 1.165) is 34.4 Å². The molecule has 2 aromatic rings. The first-order valence-electron chi connectivity index (χ1n) is 8.36. The molecule has 0 aromatic heterocycles. The summed E-state index contributed by atoms with van der Waals surface area (Å²) in [5.41, 5.74) is 5.26. The van der Waals surface area contributed by atoms with E-state index in [9.17, 15) is 5.11 Å². The van der Waals surface area contributed by atoms with Crippen molar-refractivity contribution in [3.05, 3.63) is 76.9 Å². The van der Waals surface area contributed by atoms with Crippen LogP contribution in [0.2, 0.25) is 0 Å². The Bertz CT molecular complexity index is 736. The Hall–Kier alpha value is -2.48. The fourth-order valence-corrected chi connectivity index (χ4v) is 2.70. The van der Waals surface area contributed by atoms with Gasteiger partial charge >= 0.3 is 0 Å². The van der Waals surface area contributed by atoms with Crippen molar-refractivity contribution < 1.29 is 9.84 Å². The van der Waals surface area contributed by atoms with Crippen LogP contribution in [-0.4, -0.2) is 12.2 Å². The Morgan fingerprint density at radius 2 is 1.75 bits per heavy atom. The summed E-state index contributed by atoms with van der Waals surface area (Å²) in [7, 11) is 1.65. The molecule has 0 radical (unpaired) electrons. The van der Waals surface area contributed by atoms with Crippen molar-refractivity contribution in [2.75, 3.05) is 7.11 Å². The summed E-state index contributed by atoms with van der Waals surface area (Å²) in [4.78, 5) is 0. The summed E-state index contributed by atoms with van der Waals surface area (Å²) in [6.45, 7) is 6.22. The number of hydrogen-bond donors (Lipinski definition) is 1. The van der Waals surface area contributed by atoms with Gasteiger partial charge in [-0.15, -0.1) is 0 Å². The molecule has 0 fully saturated rings. The van der Waals surface area contributed by atoms with Crippen LogP contribution in [0.3, 0.4) is 0 Å². The minimum atomic E-state index is 0.278. The van der Waals surface area contributed by atoms with Crippen LogP contribution in [0.4, 0.5) is 0 Å². The predicted molar refractivity (Wildman–Crippen MR) is 102 cm³/mol. The molecule has 126 valence electrons. The molecule has 1 N–H and O–H groups in total. The molecule has 0 unspecified atom stereocenters. The number of ether oxygens (including phenoxy) is 1. The van der Waals surface area contributed by atoms with Crippen LogP contribution in [0.25, 0.3) is 5.57 Å². The Morgan fingerprint density at radius 1 is 1.04 bits per heavy atom. The maximum absolute atomic E-state index is 10.5. The molecule has 0 spiro atoms. The average Bonchev–Trinajstić information content (AvgIpc) is 2.58. The van der Waals surface area contributed by atoms with E-state index < -0.39 is 0 Å². The first-order chi connectivity index (χ1) is 11.6. The monoisotopic (exact) mass is 322 g/mol. The van der Waals surface area contributed by atoms with E-state index in [1.54, 1.807) is 7.11 Å². The summed E-state index contributed by atoms with van der Waals surface area (Å²) in [6, 6.07) is 14.1. The van der Waals surface area contributed by atoms with E-state index in [2.05, 4.69) is 45.1 Å². The van der Waals surface area contributed by atoms with Gasteiger partial charge in [-0.2, -0.15) is 0 Å². The molecule has 2 rings (SSSR count). The Labute approximate surface area is 145 Å². The summed E-state index contributed by atoms with van der Waals surface area (Å²) >= 11 is 0. The van der Waals surface area contributed by atoms with Gasteiger partial charge in [-0.3, -0.25) is 0 Å². The number of hydrogen-bond acceptors (Lipinski definition) is 2. The van der Waals surface area contributed by atoms with Gasteiger partial charge in [0.05, 0.1) is 7.11 Å². The van der Waals surface area contributed by atoms with Crippen LogP contribution in [-0.2, 0) is 6.42 Å². The number of allylic oxidation sites excluding steroid dienone is 3. The van der Waals surface area contributed by atoms with Gasteiger partial charge in [-0.25, -0.2) is 0 Å². The van der Waals surface area contributed by atoms with Crippen molar-refractivity contribution in [2.24, 2.45) is 0 Å². The average molecular weight is 322 g/mol. The number of benzene rings is 2. The third-order valence-corrected chi connectivity index (χ3v) is 3.92. The van der Waals surface area contributed by atoms with Crippen LogP contribution >= 0.6 is 0 Å². The number of methoxy groups -OCH3 is 1. The van der Waals surface area contributed by atoms with Crippen LogP contribution in [0.5, 0.6) is 11.5 Å². The van der Waals surface area contributed by atoms with Gasteiger partial charge in [0, 0.05) is 5.56 Å². The lowest BCUT2D eigenvalue weighted by Crippen LogP contribution is -1.96. The Balaban J connectivity index is 2.52. The van der Waals surface area contributed by atoms with Gasteiger partial charge in [0.1, 0.15) is 11.5 Å². The third kappa shape index (κ3) is 4.29. The quantitative estimate of drug-likeness (QED) is 0.686. The maximum atomic E-state index is 10.5. The second kappa shape index (κ2) is 8.39. The smallest absolute Gasteiger partial charge is 0.126 e. The highest BCUT2D eigenvalue weighted by Gasteiger charge is 2.13. The van der Waals surface area contributed by atoms with Crippen LogP contribution in [0, 0.1) is 0 Å². The van der Waals surface area contributed by atoms with Crippen molar-refractivity contribution in [1.29, 1.82) is 0 Å². The van der Waals surface area contributed by atoms with Crippen molar-refractivity contribution in [3.63, 3.8) is 0 Å². The van der Waals surface area contributed by atoms with Crippen LogP contribution < -0.4 is 4.74 Å². The van der Waals surface area contributed by atoms with Crippen molar-refractivity contribution >= 4 is 5.57 Å². The number of phenols is 1. The number of aromatic hydroxyl groups is 1. The molecule has 0 amide bonds. The highest BCUT2D eigenvalue weighted by molar-refractivity contribution is 5.81. The number of rotatable bonds is 6. The van der Waals surface area contributed by atoms with Gasteiger partial charge in [0.25, 0.3) is 0 Å². The number of phenolic OH excluding ortho intramolecular Hbond substituents is 1. The largest absolute Gasteiger partial charge is 0.507 e. The summed E-state index contributed by atoms with van der Waals surface area (Å²) < 4.78 is 5.55. The van der Waals surface area contributed by atoms with Crippen LogP contribution in [0.1, 0.15) is 43.9 Å². The molecule has 0 aliphatic heterocycles. The van der Waals surface area contributed by atoms with Crippen molar-refractivity contribution in [1.82, 2.24) is 0 Å². The molecule has 0 bridgehead atoms. The first kappa shape index (κ1) is 17.9. The van der Waals surface area contributed by atoms with Gasteiger partial charge in [-0.05, 0) is 55.5 Å². The molecule has 0 saturated heterocycles. The normalized spacial score (nSPS) is 11.2. The molecule has 0 aliphatic rings. The summed E-state index contributed by atoms with van der Waals surface area (Å²) in [5, 5.41) is 10.5.